The lowest BCUT2D eigenvalue weighted by Gasteiger charge is -2.22. The van der Waals surface area contributed by atoms with Gasteiger partial charge in [-0.2, -0.15) is 8.78 Å². The zero-order valence-electron chi connectivity index (χ0n) is 9.06. The third-order valence-corrected chi connectivity index (χ3v) is 1.76. The second-order valence-corrected chi connectivity index (χ2v) is 3.80. The van der Waals surface area contributed by atoms with Crippen molar-refractivity contribution in [3.8, 4) is 0 Å². The second kappa shape index (κ2) is 5.19. The number of amides is 2. The molecule has 0 rings (SSSR count). The Kier molecular flexibility index (Phi) is 4.72. The molecule has 0 aliphatic heterocycles. The van der Waals surface area contributed by atoms with E-state index in [1.807, 2.05) is 5.32 Å². The van der Waals surface area contributed by atoms with Crippen molar-refractivity contribution >= 4 is 12.0 Å². The molecule has 100 valence electrons. The molecule has 5 nitrogen and oxygen atoms in total. The summed E-state index contributed by atoms with van der Waals surface area (Å²) < 4.78 is 48.2. The first-order valence-corrected chi connectivity index (χ1v) is 4.44. The van der Waals surface area contributed by atoms with Crippen molar-refractivity contribution in [1.29, 1.82) is 0 Å². The summed E-state index contributed by atoms with van der Waals surface area (Å²) in [6, 6.07) is -1.27. The summed E-state index contributed by atoms with van der Waals surface area (Å²) in [6.45, 7) is 0.645. The Labute approximate surface area is 94.2 Å². The maximum atomic E-state index is 12.4. The molecule has 0 saturated heterocycles. The number of rotatable bonds is 5. The molecule has 0 aliphatic rings. The average molecular weight is 260 g/mol. The summed E-state index contributed by atoms with van der Waals surface area (Å²) in [4.78, 5) is 21.5. The molecule has 0 bridgehead atoms. The first-order valence-electron chi connectivity index (χ1n) is 4.44. The largest absolute Gasteiger partial charge is 0.480 e. The normalized spacial score (nSPS) is 12.4. The Morgan fingerprint density at radius 3 is 2.12 bits per heavy atom. The minimum absolute atomic E-state index is 1.11. The van der Waals surface area contributed by atoms with Crippen LogP contribution in [0.4, 0.5) is 22.4 Å². The van der Waals surface area contributed by atoms with E-state index in [-0.39, 0.29) is 0 Å². The first kappa shape index (κ1) is 15.5. The first-order chi connectivity index (χ1) is 7.49. The van der Waals surface area contributed by atoms with Crippen LogP contribution in [0.25, 0.3) is 0 Å². The molecule has 0 atom stereocenters. The maximum Gasteiger partial charge on any atom is 0.328 e. The number of halogens is 4. The van der Waals surface area contributed by atoms with Crippen LogP contribution in [0.3, 0.4) is 0 Å². The Hall–Kier alpha value is -1.54. The molecule has 0 aromatic heterocycles. The van der Waals surface area contributed by atoms with Gasteiger partial charge in [-0.05, 0) is 13.8 Å². The van der Waals surface area contributed by atoms with E-state index in [9.17, 15) is 27.2 Å². The number of urea groups is 1. The lowest BCUT2D eigenvalue weighted by molar-refractivity contribution is -0.143. The topological polar surface area (TPSA) is 78.4 Å². The third-order valence-electron chi connectivity index (χ3n) is 1.76. The minimum Gasteiger partial charge on any atom is -0.480 e. The highest BCUT2D eigenvalue weighted by Crippen LogP contribution is 2.21. The standard InChI is InChI=1S/C8H12F4N2O3/c1-7(2,5(15)16)14-6(17)13-3-8(11,12)4(9)10/h4H,3H2,1-2H3,(H,15,16)(H2,13,14,17). The number of hydrogen-bond acceptors (Lipinski definition) is 2. The van der Waals surface area contributed by atoms with Crippen LogP contribution < -0.4 is 10.6 Å². The Bertz CT molecular complexity index is 307. The van der Waals surface area contributed by atoms with Gasteiger partial charge >= 0.3 is 24.3 Å². The van der Waals surface area contributed by atoms with E-state index >= 15 is 0 Å². The maximum absolute atomic E-state index is 12.4. The molecule has 3 N–H and O–H groups in total. The van der Waals surface area contributed by atoms with E-state index in [4.69, 9.17) is 5.11 Å². The molecule has 0 spiro atoms. The van der Waals surface area contributed by atoms with E-state index in [0.29, 0.717) is 0 Å². The summed E-state index contributed by atoms with van der Waals surface area (Å²) in [5.74, 6) is -5.75. The highest BCUT2D eigenvalue weighted by atomic mass is 19.3. The molecular formula is C8H12F4N2O3. The quantitative estimate of drug-likeness (QED) is 0.646. The van der Waals surface area contributed by atoms with Gasteiger partial charge in [0.2, 0.25) is 0 Å². The van der Waals surface area contributed by atoms with Crippen molar-refractivity contribution in [3.05, 3.63) is 0 Å². The van der Waals surface area contributed by atoms with Gasteiger partial charge in [-0.1, -0.05) is 0 Å². The fraction of sp³-hybridized carbons (Fsp3) is 0.750. The second-order valence-electron chi connectivity index (χ2n) is 3.80. The predicted octanol–water partition coefficient (Wildman–Crippen LogP) is 1.05. The van der Waals surface area contributed by atoms with Crippen LogP contribution in [0, 0.1) is 0 Å². The van der Waals surface area contributed by atoms with Crippen molar-refractivity contribution < 1.29 is 32.3 Å². The molecule has 2 amide bonds. The van der Waals surface area contributed by atoms with Crippen molar-refractivity contribution in [1.82, 2.24) is 10.6 Å². The molecule has 9 heteroatoms. The summed E-state index contributed by atoms with van der Waals surface area (Å²) >= 11 is 0. The van der Waals surface area contributed by atoms with Crippen molar-refractivity contribution in [3.63, 3.8) is 0 Å². The Balaban J connectivity index is 4.27. The molecule has 0 aliphatic carbocycles. The van der Waals surface area contributed by atoms with Crippen LogP contribution in [0.5, 0.6) is 0 Å². The van der Waals surface area contributed by atoms with Gasteiger partial charge in [0, 0.05) is 0 Å². The average Bonchev–Trinajstić information content (AvgIpc) is 2.13. The minimum atomic E-state index is -4.36. The molecule has 0 aromatic rings. The smallest absolute Gasteiger partial charge is 0.328 e. The van der Waals surface area contributed by atoms with Gasteiger partial charge in [-0.15, -0.1) is 0 Å². The Morgan fingerprint density at radius 2 is 1.76 bits per heavy atom. The van der Waals surface area contributed by atoms with Gasteiger partial charge in [0.05, 0.1) is 6.54 Å². The van der Waals surface area contributed by atoms with Crippen LogP contribution in [-0.2, 0) is 4.79 Å². The van der Waals surface area contributed by atoms with Crippen LogP contribution in [0.2, 0.25) is 0 Å². The molecule has 0 heterocycles. The van der Waals surface area contributed by atoms with E-state index in [1.165, 1.54) is 5.32 Å². The zero-order valence-corrected chi connectivity index (χ0v) is 9.06. The van der Waals surface area contributed by atoms with Crippen molar-refractivity contribution in [2.45, 2.75) is 31.7 Å². The fourth-order valence-corrected chi connectivity index (χ4v) is 0.657. The molecule has 0 aromatic carbocycles. The summed E-state index contributed by atoms with van der Waals surface area (Å²) in [7, 11) is 0. The van der Waals surface area contributed by atoms with Gasteiger partial charge in [-0.3, -0.25) is 0 Å². The highest BCUT2D eigenvalue weighted by Gasteiger charge is 2.41. The van der Waals surface area contributed by atoms with E-state index in [1.54, 1.807) is 0 Å². The number of nitrogens with one attached hydrogen (secondary N) is 2. The van der Waals surface area contributed by atoms with Crippen LogP contribution in [0.15, 0.2) is 0 Å². The molecule has 0 radical (unpaired) electrons. The van der Waals surface area contributed by atoms with Crippen LogP contribution >= 0.6 is 0 Å². The van der Waals surface area contributed by atoms with Crippen LogP contribution in [0.1, 0.15) is 13.8 Å². The molecule has 0 fully saturated rings. The van der Waals surface area contributed by atoms with E-state index in [0.717, 1.165) is 13.8 Å². The number of carbonyl (C=O) groups excluding carboxylic acids is 1. The lowest BCUT2D eigenvalue weighted by atomic mass is 10.1. The van der Waals surface area contributed by atoms with Gasteiger partial charge in [0.15, 0.2) is 0 Å². The number of carboxylic acids is 1. The Morgan fingerprint density at radius 1 is 1.29 bits per heavy atom. The van der Waals surface area contributed by atoms with Gasteiger partial charge in [-0.25, -0.2) is 18.4 Å². The van der Waals surface area contributed by atoms with Crippen molar-refractivity contribution in [2.24, 2.45) is 0 Å². The molecule has 0 unspecified atom stereocenters. The number of aliphatic carboxylic acids is 1. The third kappa shape index (κ3) is 4.87. The molecule has 17 heavy (non-hydrogen) atoms. The van der Waals surface area contributed by atoms with E-state index < -0.39 is 36.4 Å². The van der Waals surface area contributed by atoms with Gasteiger partial charge in [0.1, 0.15) is 5.54 Å². The van der Waals surface area contributed by atoms with Crippen LogP contribution in [-0.4, -0.2) is 41.5 Å². The fourth-order valence-electron chi connectivity index (χ4n) is 0.657. The number of alkyl halides is 4. The lowest BCUT2D eigenvalue weighted by Crippen LogP contribution is -2.55. The van der Waals surface area contributed by atoms with E-state index in [2.05, 4.69) is 0 Å². The number of hydrogen-bond donors (Lipinski definition) is 3. The molecule has 0 saturated carbocycles. The predicted molar refractivity (Wildman–Crippen MR) is 49.2 cm³/mol. The summed E-state index contributed by atoms with van der Waals surface area (Å²) in [5, 5.41) is 11.9. The number of carbonyl (C=O) groups is 2. The zero-order chi connectivity index (χ0) is 13.9. The summed E-state index contributed by atoms with van der Waals surface area (Å²) in [6.07, 6.45) is -3.91. The monoisotopic (exact) mass is 260 g/mol. The van der Waals surface area contributed by atoms with Gasteiger partial charge in [0.25, 0.3) is 0 Å². The highest BCUT2D eigenvalue weighted by molar-refractivity contribution is 5.85. The SMILES string of the molecule is CC(C)(NC(=O)NCC(F)(F)C(F)F)C(=O)O. The summed E-state index contributed by atoms with van der Waals surface area (Å²) in [5.41, 5.74) is -1.69. The van der Waals surface area contributed by atoms with Crippen molar-refractivity contribution in [2.75, 3.05) is 6.54 Å². The molecular weight excluding hydrogens is 248 g/mol. The van der Waals surface area contributed by atoms with Gasteiger partial charge < -0.3 is 15.7 Å². The number of carboxylic acid groups (broad SMARTS) is 1.